The second kappa shape index (κ2) is 15.3. The van der Waals surface area contributed by atoms with Gasteiger partial charge in [-0.1, -0.05) is 36.4 Å². The van der Waals surface area contributed by atoms with Gasteiger partial charge >= 0.3 is 5.97 Å². The van der Waals surface area contributed by atoms with Gasteiger partial charge in [0.15, 0.2) is 18.7 Å². The Balaban J connectivity index is 1.87. The SMILES string of the molecule is C=CC(C)(CCC(O)C(C)(C)O)O[C@@H]1O[C@H](CO)[C@@H](OC(=O)/C=C\c2ccccc2)[C@H](O[C@@H]2O[C@@H](C)[C@H](O)[C@@H](O)[C@H]2O)[C@H]1O. The Kier molecular flexibility index (Phi) is 12.6. The summed E-state index contributed by atoms with van der Waals surface area (Å²) >= 11 is 0. The van der Waals surface area contributed by atoms with E-state index in [-0.39, 0.29) is 12.8 Å². The minimum atomic E-state index is -1.75. The molecule has 0 aromatic heterocycles. The second-order valence-corrected chi connectivity index (χ2v) is 12.0. The second-order valence-electron chi connectivity index (χ2n) is 12.0. The Morgan fingerprint density at radius 2 is 1.66 bits per heavy atom. The Bertz CT molecular complexity index is 1090. The highest BCUT2D eigenvalue weighted by Gasteiger charge is 2.53. The van der Waals surface area contributed by atoms with Gasteiger partial charge in [-0.3, -0.25) is 0 Å². The topological polar surface area (TPSA) is 205 Å². The maximum Gasteiger partial charge on any atom is 0.331 e. The van der Waals surface area contributed by atoms with Crippen molar-refractivity contribution in [1.29, 1.82) is 0 Å². The maximum atomic E-state index is 12.9. The molecule has 7 N–H and O–H groups in total. The number of aliphatic hydroxyl groups is 7. The summed E-state index contributed by atoms with van der Waals surface area (Å²) in [6.45, 7) is 9.05. The first kappa shape index (κ1) is 36.2. The lowest BCUT2D eigenvalue weighted by Gasteiger charge is -2.47. The van der Waals surface area contributed by atoms with E-state index in [0.29, 0.717) is 5.56 Å². The van der Waals surface area contributed by atoms with Crippen LogP contribution in [0.15, 0.2) is 49.1 Å². The first-order valence-electron chi connectivity index (χ1n) is 14.5. The normalized spacial score (nSPS) is 35.2. The highest BCUT2D eigenvalue weighted by atomic mass is 16.7. The van der Waals surface area contributed by atoms with Gasteiger partial charge in [-0.05, 0) is 52.2 Å². The number of hydrogen-bond acceptors (Lipinski definition) is 13. The fourth-order valence-electron chi connectivity index (χ4n) is 4.87. The third-order valence-corrected chi connectivity index (χ3v) is 7.90. The first-order chi connectivity index (χ1) is 20.6. The number of ether oxygens (including phenoxy) is 5. The van der Waals surface area contributed by atoms with E-state index in [1.165, 1.54) is 32.9 Å². The Hall–Kier alpha value is -2.27. The van der Waals surface area contributed by atoms with Crippen LogP contribution in [-0.2, 0) is 28.5 Å². The molecule has 1 aromatic rings. The van der Waals surface area contributed by atoms with E-state index in [1.54, 1.807) is 31.2 Å². The third kappa shape index (κ3) is 9.14. The fourth-order valence-corrected chi connectivity index (χ4v) is 4.87. The molecule has 0 spiro atoms. The lowest BCUT2D eigenvalue weighted by Crippen LogP contribution is -2.65. The van der Waals surface area contributed by atoms with E-state index in [0.717, 1.165) is 6.08 Å². The Labute approximate surface area is 256 Å². The molecule has 248 valence electrons. The van der Waals surface area contributed by atoms with Crippen LogP contribution in [0.2, 0.25) is 0 Å². The maximum absolute atomic E-state index is 12.9. The zero-order valence-corrected chi connectivity index (χ0v) is 25.4. The van der Waals surface area contributed by atoms with Crippen LogP contribution in [0.4, 0.5) is 0 Å². The van der Waals surface area contributed by atoms with Gasteiger partial charge < -0.3 is 59.4 Å². The third-order valence-electron chi connectivity index (χ3n) is 7.90. The molecule has 3 rings (SSSR count). The average molecular weight is 627 g/mol. The fraction of sp³-hybridized carbons (Fsp3) is 0.645. The number of hydrogen-bond donors (Lipinski definition) is 7. The zero-order valence-electron chi connectivity index (χ0n) is 25.4. The van der Waals surface area contributed by atoms with Crippen molar-refractivity contribution in [2.24, 2.45) is 0 Å². The predicted octanol–water partition coefficient (Wildman–Crippen LogP) is -0.224. The summed E-state index contributed by atoms with van der Waals surface area (Å²) in [5, 5.41) is 73.1. The molecular weight excluding hydrogens is 580 g/mol. The number of benzene rings is 1. The van der Waals surface area contributed by atoms with Gasteiger partial charge in [0.25, 0.3) is 0 Å². The van der Waals surface area contributed by atoms with E-state index in [9.17, 15) is 40.5 Å². The summed E-state index contributed by atoms with van der Waals surface area (Å²) in [5.74, 6) is -0.855. The molecule has 0 amide bonds. The van der Waals surface area contributed by atoms with Gasteiger partial charge in [0, 0.05) is 6.08 Å². The molecule has 2 aliphatic heterocycles. The van der Waals surface area contributed by atoms with Crippen molar-refractivity contribution >= 4 is 12.0 Å². The van der Waals surface area contributed by atoms with Crippen molar-refractivity contribution in [2.75, 3.05) is 6.61 Å². The molecule has 44 heavy (non-hydrogen) atoms. The van der Waals surface area contributed by atoms with Crippen molar-refractivity contribution < 1.29 is 64.2 Å². The number of aliphatic hydroxyl groups excluding tert-OH is 6. The summed E-state index contributed by atoms with van der Waals surface area (Å²) in [4.78, 5) is 12.9. The lowest BCUT2D eigenvalue weighted by molar-refractivity contribution is -0.364. The summed E-state index contributed by atoms with van der Waals surface area (Å²) < 4.78 is 29.0. The molecule has 13 heteroatoms. The molecule has 2 aliphatic rings. The molecular formula is C31H46O13. The minimum absolute atomic E-state index is 0.0897. The van der Waals surface area contributed by atoms with Crippen molar-refractivity contribution in [1.82, 2.24) is 0 Å². The first-order valence-corrected chi connectivity index (χ1v) is 14.5. The van der Waals surface area contributed by atoms with E-state index in [4.69, 9.17) is 23.7 Å². The molecule has 0 aliphatic carbocycles. The van der Waals surface area contributed by atoms with Gasteiger partial charge in [-0.15, -0.1) is 6.58 Å². The summed E-state index contributed by atoms with van der Waals surface area (Å²) in [6, 6.07) is 8.91. The number of carbonyl (C=O) groups excluding carboxylic acids is 1. The standard InChI is InChI=1S/C31H46O13/c1-6-31(5,15-14-20(33)30(3,4)39)44-29-25(38)27(43-28-24(37)23(36)22(35)17(2)40-28)26(19(16-32)41-29)42-21(34)13-12-18-10-8-7-9-11-18/h6-13,17,19-20,22-29,32-33,35-39H,1,14-16H2,2-5H3/b13-12-/t17-,19+,20?,22-,23+,24+,25+,26+,27+,28-,29-,31?/m0/s1. The van der Waals surface area contributed by atoms with Gasteiger partial charge in [-0.25, -0.2) is 4.79 Å². The minimum Gasteiger partial charge on any atom is -0.453 e. The summed E-state index contributed by atoms with van der Waals surface area (Å²) in [7, 11) is 0. The van der Waals surface area contributed by atoms with Crippen LogP contribution in [-0.4, -0.2) is 127 Å². The molecule has 2 unspecified atom stereocenters. The average Bonchev–Trinajstić information content (AvgIpc) is 2.99. The van der Waals surface area contributed by atoms with Crippen LogP contribution < -0.4 is 0 Å². The smallest absolute Gasteiger partial charge is 0.331 e. The number of rotatable bonds is 13. The molecule has 0 saturated carbocycles. The van der Waals surface area contributed by atoms with Crippen molar-refractivity contribution in [3.05, 3.63) is 54.6 Å². The molecule has 12 atom stereocenters. The van der Waals surface area contributed by atoms with Crippen molar-refractivity contribution in [3.8, 4) is 0 Å². The van der Waals surface area contributed by atoms with Gasteiger partial charge in [0.05, 0.1) is 30.0 Å². The van der Waals surface area contributed by atoms with Crippen LogP contribution in [0.5, 0.6) is 0 Å². The quantitative estimate of drug-likeness (QED) is 0.0860. The van der Waals surface area contributed by atoms with Crippen LogP contribution in [0.3, 0.4) is 0 Å². The van der Waals surface area contributed by atoms with Gasteiger partial charge in [0.2, 0.25) is 0 Å². The van der Waals surface area contributed by atoms with E-state index in [1.807, 2.05) is 6.07 Å². The zero-order chi connectivity index (χ0) is 32.8. The van der Waals surface area contributed by atoms with Crippen LogP contribution in [0.25, 0.3) is 6.08 Å². The molecule has 2 saturated heterocycles. The molecule has 2 heterocycles. The summed E-state index contributed by atoms with van der Waals surface area (Å²) in [5.41, 5.74) is -1.89. The van der Waals surface area contributed by atoms with Crippen LogP contribution >= 0.6 is 0 Å². The highest BCUT2D eigenvalue weighted by Crippen LogP contribution is 2.34. The van der Waals surface area contributed by atoms with E-state index in [2.05, 4.69) is 6.58 Å². The van der Waals surface area contributed by atoms with Crippen LogP contribution in [0, 0.1) is 0 Å². The molecule has 1 aromatic carbocycles. The molecule has 13 nitrogen and oxygen atoms in total. The van der Waals surface area contributed by atoms with E-state index >= 15 is 0 Å². The molecule has 0 bridgehead atoms. The predicted molar refractivity (Wildman–Crippen MR) is 156 cm³/mol. The Morgan fingerprint density at radius 3 is 2.25 bits per heavy atom. The van der Waals surface area contributed by atoms with Crippen molar-refractivity contribution in [3.63, 3.8) is 0 Å². The molecule has 0 radical (unpaired) electrons. The van der Waals surface area contributed by atoms with Crippen molar-refractivity contribution in [2.45, 2.75) is 119 Å². The number of esters is 1. The van der Waals surface area contributed by atoms with Gasteiger partial charge in [-0.2, -0.15) is 0 Å². The van der Waals surface area contributed by atoms with Gasteiger partial charge in [0.1, 0.15) is 36.6 Å². The highest BCUT2D eigenvalue weighted by molar-refractivity contribution is 5.87. The Morgan fingerprint density at radius 1 is 1.00 bits per heavy atom. The monoisotopic (exact) mass is 626 g/mol. The molecule has 2 fully saturated rings. The summed E-state index contributed by atoms with van der Waals surface area (Å²) in [6.07, 6.45) is -11.7. The number of carbonyl (C=O) groups is 1. The van der Waals surface area contributed by atoms with E-state index < -0.39 is 91.3 Å². The largest absolute Gasteiger partial charge is 0.453 e. The lowest BCUT2D eigenvalue weighted by atomic mass is 9.91. The van der Waals surface area contributed by atoms with Crippen LogP contribution in [0.1, 0.15) is 46.1 Å².